The molecule has 9 aromatic rings. The molecule has 0 saturated heterocycles. The number of aliphatic hydroxyl groups is 3. The van der Waals surface area contributed by atoms with Gasteiger partial charge < -0.3 is 30.3 Å². The van der Waals surface area contributed by atoms with Gasteiger partial charge in [-0.2, -0.15) is 0 Å². The quantitative estimate of drug-likeness (QED) is 0.0840. The fraction of sp³-hybridized carbons (Fsp3) is 0.259. The Balaban J connectivity index is 0.000000254. The van der Waals surface area contributed by atoms with Crippen LogP contribution >= 0.6 is 0 Å². The molecule has 0 saturated carbocycles. The van der Waals surface area contributed by atoms with Gasteiger partial charge in [0.25, 0.3) is 0 Å². The number of fused-ring (bicyclic) bond motifs is 9. The Morgan fingerprint density at radius 2 is 0.731 bits per heavy atom. The van der Waals surface area contributed by atoms with Crippen LogP contribution in [0.5, 0.6) is 0 Å². The molecule has 489 valence electrons. The summed E-state index contributed by atoms with van der Waals surface area (Å²) in [5, 5.41) is 25.1. The molecule has 12 heteroatoms. The van der Waals surface area contributed by atoms with E-state index >= 15 is 0 Å². The maximum absolute atomic E-state index is 10.0. The van der Waals surface area contributed by atoms with Gasteiger partial charge in [0.05, 0.1) is 17.3 Å². The molecule has 0 unspecified atom stereocenters. The number of hydrogen-bond donors (Lipinski definition) is 3. The summed E-state index contributed by atoms with van der Waals surface area (Å²) < 4.78 is 0. The number of aryl methyl sites for hydroxylation is 6. The number of hydrogen-bond acceptors (Lipinski definition) is 9. The Hall–Kier alpha value is -7.65. The predicted octanol–water partition coefficient (Wildman–Crippen LogP) is 19.5. The molecule has 3 radical (unpaired) electrons. The fourth-order valence-corrected chi connectivity index (χ4v) is 12.4. The van der Waals surface area contributed by atoms with Gasteiger partial charge in [-0.05, 0) is 126 Å². The number of aliphatic hydroxyl groups excluding tert-OH is 3. The third-order valence-corrected chi connectivity index (χ3v) is 15.9. The number of aromatic nitrogens is 3. The van der Waals surface area contributed by atoms with E-state index in [1.54, 1.807) is 0 Å². The molecule has 9 nitrogen and oxygen atoms in total. The molecule has 3 aromatic heterocycles. The van der Waals surface area contributed by atoms with Crippen LogP contribution in [0.3, 0.4) is 0 Å². The van der Waals surface area contributed by atoms with E-state index in [0.717, 1.165) is 50.5 Å². The van der Waals surface area contributed by atoms with Gasteiger partial charge in [-0.25, -0.2) is 0 Å². The van der Waals surface area contributed by atoms with Crippen LogP contribution in [0.4, 0.5) is 0 Å². The van der Waals surface area contributed by atoms with Gasteiger partial charge in [0.1, 0.15) is 0 Å². The molecule has 0 aliphatic heterocycles. The zero-order chi connectivity index (χ0) is 66.2. The summed E-state index contributed by atoms with van der Waals surface area (Å²) in [7, 11) is 0. The van der Waals surface area contributed by atoms with Gasteiger partial charge in [-0.1, -0.05) is 168 Å². The Morgan fingerprint density at radius 3 is 1.14 bits per heavy atom. The van der Waals surface area contributed by atoms with Crippen molar-refractivity contribution in [2.24, 2.45) is 0 Å². The summed E-state index contributed by atoms with van der Waals surface area (Å²) in [6.07, 6.45) is 9.51. The number of ketones is 3. The molecule has 6 aromatic carbocycles. The number of carbonyl (C=O) groups is 3. The van der Waals surface area contributed by atoms with E-state index in [1.165, 1.54) is 143 Å². The fourth-order valence-electron chi connectivity index (χ4n) is 12.4. The molecule has 0 amide bonds. The number of allylic oxidation sites excluding steroid dienone is 6. The van der Waals surface area contributed by atoms with E-state index in [4.69, 9.17) is 30.3 Å². The molecular formula is C81H84Ir3N3O6-3. The minimum atomic E-state index is -0.125. The molecule has 0 bridgehead atoms. The van der Waals surface area contributed by atoms with Crippen molar-refractivity contribution in [3.8, 4) is 67.2 Å². The summed E-state index contributed by atoms with van der Waals surface area (Å²) >= 11 is 0. The Labute approximate surface area is 592 Å². The van der Waals surface area contributed by atoms with Crippen LogP contribution in [0.15, 0.2) is 181 Å². The zero-order valence-electron chi connectivity index (χ0n) is 56.5. The minimum absolute atomic E-state index is 0. The molecule has 0 fully saturated rings. The van der Waals surface area contributed by atoms with E-state index in [-0.39, 0.29) is 111 Å². The van der Waals surface area contributed by atoms with Crippen LogP contribution in [0.2, 0.25) is 0 Å². The first-order valence-corrected chi connectivity index (χ1v) is 30.3. The van der Waals surface area contributed by atoms with Crippen molar-refractivity contribution >= 4 is 17.3 Å². The predicted molar refractivity (Wildman–Crippen MR) is 368 cm³/mol. The second-order valence-corrected chi connectivity index (χ2v) is 25.3. The maximum Gasteiger partial charge on any atom is 0.155 e. The van der Waals surface area contributed by atoms with Crippen molar-refractivity contribution in [3.05, 3.63) is 266 Å². The van der Waals surface area contributed by atoms with Crippen LogP contribution in [0.1, 0.15) is 150 Å². The Morgan fingerprint density at radius 1 is 0.376 bits per heavy atom. The molecule has 3 aliphatic rings. The van der Waals surface area contributed by atoms with E-state index in [1.807, 2.05) is 12.4 Å². The average Bonchev–Trinajstić information content (AvgIpc) is 1.60. The smallest absolute Gasteiger partial charge is 0.155 e. The van der Waals surface area contributed by atoms with Gasteiger partial charge in [-0.3, -0.25) is 14.4 Å². The van der Waals surface area contributed by atoms with Crippen LogP contribution in [-0.2, 0) is 90.9 Å². The number of benzene rings is 6. The minimum Gasteiger partial charge on any atom is -0.512 e. The van der Waals surface area contributed by atoms with Crippen molar-refractivity contribution in [3.63, 3.8) is 0 Å². The molecule has 3 N–H and O–H groups in total. The molecule has 12 rings (SSSR count). The summed E-state index contributed by atoms with van der Waals surface area (Å²) in [6.45, 7) is 34.9. The standard InChI is InChI=1S/3C22H20N.3C5H8O2.3Ir/c1-14-9-15(2)11-16(10-14)21-12-20-18(13-23-21)17-7-5-6-8-19(17)22(20,3)4;1-14-9-15(2)11-16(10-14)21-12-18-17-7-5-6-8-19(17)22(3,4)20(18)13-23-21;1-14-11-15(2)13-16(12-14)21-20-18(9-10-23-21)17-7-5-6-8-19(17)22(20,3)4;3*1-4(6)3-5(2)7;;;/h2*5-10,12-13H,1-4H3;5-12H,1-4H3;3*3,6H,1-2H3;;;/q3*-1;;;;;;. The van der Waals surface area contributed by atoms with E-state index in [9.17, 15) is 14.4 Å². The SMILES string of the molecule is CC(=O)C=C(C)O.CC(=O)C=C(C)O.CC(=O)C=C(C)O.Cc1[c-]c(-c2cc3c(cn2)-c2ccccc2C3(C)C)cc(C)c1.Cc1[c-]c(-c2cc3c(cn2)C(C)(C)c2ccccc2-3)cc(C)c1.Cc1[c-]c(-c2nccc3c2C(C)(C)c2ccccc2-3)cc(C)c1.[Ir].[Ir].[Ir]. The summed E-state index contributed by atoms with van der Waals surface area (Å²) in [5.74, 6) is -0.187. The first kappa shape index (κ1) is 77.8. The van der Waals surface area contributed by atoms with Crippen molar-refractivity contribution in [1.29, 1.82) is 0 Å². The largest absolute Gasteiger partial charge is 0.512 e. The number of carbonyl (C=O) groups excluding carboxylic acids is 3. The van der Waals surface area contributed by atoms with Crippen LogP contribution in [0.25, 0.3) is 67.2 Å². The molecule has 3 aliphatic carbocycles. The van der Waals surface area contributed by atoms with Gasteiger partial charge in [0, 0.05) is 119 Å². The van der Waals surface area contributed by atoms with E-state index in [2.05, 4.69) is 235 Å². The van der Waals surface area contributed by atoms with Gasteiger partial charge in [-0.15, -0.1) is 105 Å². The molecule has 93 heavy (non-hydrogen) atoms. The normalized spacial score (nSPS) is 13.3. The Kier molecular flexibility index (Phi) is 27.6. The summed E-state index contributed by atoms with van der Waals surface area (Å²) in [6, 6.07) is 56.0. The van der Waals surface area contributed by atoms with E-state index < -0.39 is 0 Å². The van der Waals surface area contributed by atoms with Gasteiger partial charge in [0.15, 0.2) is 17.3 Å². The van der Waals surface area contributed by atoms with Crippen LogP contribution in [-0.4, -0.2) is 47.6 Å². The van der Waals surface area contributed by atoms with Crippen LogP contribution < -0.4 is 0 Å². The third kappa shape index (κ3) is 19.0. The van der Waals surface area contributed by atoms with Crippen molar-refractivity contribution in [2.45, 2.75) is 141 Å². The second-order valence-electron chi connectivity index (χ2n) is 25.3. The van der Waals surface area contributed by atoms with E-state index in [0.29, 0.717) is 0 Å². The monoisotopic (exact) mass is 1770 g/mol. The Bertz CT molecular complexity index is 4160. The van der Waals surface area contributed by atoms with Crippen molar-refractivity contribution in [1.82, 2.24) is 15.0 Å². The molecular weight excluding hydrogens is 1690 g/mol. The zero-order valence-corrected chi connectivity index (χ0v) is 63.7. The summed E-state index contributed by atoms with van der Waals surface area (Å²) in [4.78, 5) is 44.3. The van der Waals surface area contributed by atoms with Crippen LogP contribution in [0, 0.1) is 59.7 Å². The number of pyridine rings is 3. The third-order valence-electron chi connectivity index (χ3n) is 15.9. The molecule has 0 atom stereocenters. The molecule has 0 spiro atoms. The summed E-state index contributed by atoms with van der Waals surface area (Å²) in [5.41, 5.74) is 29.6. The second kappa shape index (κ2) is 33.0. The number of rotatable bonds is 6. The first-order valence-electron chi connectivity index (χ1n) is 30.3. The number of nitrogens with zero attached hydrogens (tertiary/aromatic N) is 3. The van der Waals surface area contributed by atoms with Gasteiger partial charge in [0.2, 0.25) is 0 Å². The van der Waals surface area contributed by atoms with Gasteiger partial charge >= 0.3 is 0 Å². The molecule has 3 heterocycles. The van der Waals surface area contributed by atoms with Crippen molar-refractivity contribution in [2.75, 3.05) is 0 Å². The average molecular weight is 1770 g/mol. The van der Waals surface area contributed by atoms with Crippen molar-refractivity contribution < 1.29 is 90.0 Å². The first-order chi connectivity index (χ1) is 42.3. The maximum atomic E-state index is 10.0. The topological polar surface area (TPSA) is 151 Å².